The van der Waals surface area contributed by atoms with Crippen LogP contribution in [-0.4, -0.2) is 84.9 Å². The number of benzene rings is 6. The number of aliphatic hydroxyl groups is 2. The molecule has 2 saturated carbocycles. The molecule has 0 bridgehead atoms. The number of rotatable bonds is 20. The minimum atomic E-state index is -3.33. The van der Waals surface area contributed by atoms with Gasteiger partial charge in [-0.25, -0.2) is 26.8 Å². The van der Waals surface area contributed by atoms with Gasteiger partial charge in [0.2, 0.25) is 0 Å². The molecule has 0 amide bonds. The van der Waals surface area contributed by atoms with Gasteiger partial charge >= 0.3 is 13.2 Å². The van der Waals surface area contributed by atoms with Gasteiger partial charge in [0.05, 0.1) is 53.4 Å². The van der Waals surface area contributed by atoms with E-state index in [1.165, 1.54) is 12.1 Å². The first-order chi connectivity index (χ1) is 35.5. The number of imidazole rings is 2. The Balaban J connectivity index is 0.000000182. The largest absolute Gasteiger partial charge is 0.434 e. The Labute approximate surface area is 434 Å². The Morgan fingerprint density at radius 2 is 0.905 bits per heavy atom. The van der Waals surface area contributed by atoms with Crippen molar-refractivity contribution in [2.24, 2.45) is 11.8 Å². The molecule has 74 heavy (non-hydrogen) atoms. The molecule has 2 aliphatic rings. The van der Waals surface area contributed by atoms with Gasteiger partial charge in [0, 0.05) is 47.3 Å². The zero-order valence-corrected chi connectivity index (χ0v) is 42.5. The van der Waals surface area contributed by atoms with E-state index >= 15 is 0 Å². The molecule has 0 unspecified atom stereocenters. The monoisotopic (exact) mass is 1090 g/mol. The third kappa shape index (κ3) is 12.4. The summed E-state index contributed by atoms with van der Waals surface area (Å²) in [6, 6.07) is 33.0. The molecule has 4 N–H and O–H groups in total. The summed E-state index contributed by atoms with van der Waals surface area (Å²) in [6.07, 6.45) is 4.55. The second-order valence-corrected chi connectivity index (χ2v) is 23.3. The van der Waals surface area contributed by atoms with Crippen LogP contribution in [0.1, 0.15) is 73.1 Å². The van der Waals surface area contributed by atoms with Crippen molar-refractivity contribution in [1.82, 2.24) is 19.9 Å². The Hall–Kier alpha value is -6.02. The van der Waals surface area contributed by atoms with Crippen molar-refractivity contribution in [2.75, 3.05) is 24.7 Å². The van der Waals surface area contributed by atoms with Crippen LogP contribution in [0.4, 0.5) is 17.6 Å². The summed E-state index contributed by atoms with van der Waals surface area (Å²) in [4.78, 5) is 16.5. The van der Waals surface area contributed by atoms with Crippen LogP contribution in [0.5, 0.6) is 11.5 Å². The SMILES string of the molecule is O=S(=O)(CC1CC1)c1ccc([C@@H](CCO)c2nc3cc(-c4ccccc4OC(F)F)c(Cl)cc3[nH]2)cc1.O=S(=O)(CC1CC1)c1ccc([C@H](CCO)c2nc3cc(-c4ccccc4OC(F)F)c(Cl)cc3[nH]2)cc1. The Morgan fingerprint density at radius 1 is 0.541 bits per heavy atom. The molecule has 0 spiro atoms. The molecule has 6 aromatic carbocycles. The number of fused-ring (bicyclic) bond motifs is 2. The van der Waals surface area contributed by atoms with E-state index in [1.807, 2.05) is 0 Å². The van der Waals surface area contributed by atoms with Gasteiger partial charge in [0.15, 0.2) is 19.7 Å². The van der Waals surface area contributed by atoms with Crippen molar-refractivity contribution in [2.45, 2.75) is 73.4 Å². The zero-order valence-electron chi connectivity index (χ0n) is 39.4. The maximum atomic E-state index is 12.9. The van der Waals surface area contributed by atoms with Crippen LogP contribution in [0.25, 0.3) is 44.3 Å². The van der Waals surface area contributed by atoms with Crippen LogP contribution in [0.3, 0.4) is 0 Å². The number of aromatic amines is 2. The molecule has 2 atom stereocenters. The maximum absolute atomic E-state index is 12.9. The first kappa shape index (κ1) is 52.8. The van der Waals surface area contributed by atoms with Crippen LogP contribution < -0.4 is 9.47 Å². The van der Waals surface area contributed by atoms with Crippen LogP contribution in [0.2, 0.25) is 10.0 Å². The summed E-state index contributed by atoms with van der Waals surface area (Å²) in [5.41, 5.74) is 5.83. The van der Waals surface area contributed by atoms with Gasteiger partial charge in [-0.15, -0.1) is 0 Å². The summed E-state index contributed by atoms with van der Waals surface area (Å²) in [5.74, 6) is 1.36. The zero-order chi connectivity index (χ0) is 52.3. The number of aliphatic hydroxyl groups excluding tert-OH is 2. The smallest absolute Gasteiger partial charge is 0.387 e. The normalized spacial score (nSPS) is 14.8. The number of nitrogens with one attached hydrogen (secondary N) is 2. The molecule has 388 valence electrons. The van der Waals surface area contributed by atoms with E-state index in [4.69, 9.17) is 33.2 Å². The lowest BCUT2D eigenvalue weighted by Crippen LogP contribution is -2.10. The lowest BCUT2D eigenvalue weighted by atomic mass is 9.95. The molecule has 2 fully saturated rings. The van der Waals surface area contributed by atoms with E-state index < -0.39 is 32.9 Å². The fourth-order valence-corrected chi connectivity index (χ4v) is 12.9. The minimum Gasteiger partial charge on any atom is -0.434 e. The molecule has 0 saturated heterocycles. The predicted molar refractivity (Wildman–Crippen MR) is 276 cm³/mol. The van der Waals surface area contributed by atoms with Crippen LogP contribution in [0, 0.1) is 11.8 Å². The summed E-state index contributed by atoms with van der Waals surface area (Å²) < 4.78 is 111. The van der Waals surface area contributed by atoms with Gasteiger partial charge in [-0.1, -0.05) is 83.9 Å². The fourth-order valence-electron chi connectivity index (χ4n) is 9.00. The summed E-state index contributed by atoms with van der Waals surface area (Å²) in [5, 5.41) is 20.1. The summed E-state index contributed by atoms with van der Waals surface area (Å²) >= 11 is 13.1. The number of alkyl halides is 4. The molecule has 2 aliphatic carbocycles. The number of sulfone groups is 2. The van der Waals surface area contributed by atoms with Gasteiger partial charge < -0.3 is 29.7 Å². The Morgan fingerprint density at radius 3 is 1.24 bits per heavy atom. The maximum Gasteiger partial charge on any atom is 0.387 e. The number of hydrogen-bond acceptors (Lipinski definition) is 10. The van der Waals surface area contributed by atoms with Gasteiger partial charge in [0.1, 0.15) is 23.1 Å². The predicted octanol–water partition coefficient (Wildman–Crippen LogP) is 12.4. The minimum absolute atomic E-state index is 0.00407. The fraction of sp³-hybridized carbons (Fsp3) is 0.296. The number of hydrogen-bond donors (Lipinski definition) is 4. The number of nitrogens with zero attached hydrogens (tertiary/aromatic N) is 2. The third-order valence-corrected chi connectivity index (χ3v) is 17.5. The number of ether oxygens (including phenoxy) is 2. The molecule has 0 aliphatic heterocycles. The van der Waals surface area contributed by atoms with Gasteiger partial charge in [-0.2, -0.15) is 17.6 Å². The Kier molecular flexibility index (Phi) is 16.0. The van der Waals surface area contributed by atoms with Gasteiger partial charge in [-0.05, 0) is 122 Å². The molecule has 8 aromatic rings. The average Bonchev–Trinajstić information content (AvgIpc) is 4.29. The van der Waals surface area contributed by atoms with Crippen molar-refractivity contribution >= 4 is 64.9 Å². The molecule has 20 heteroatoms. The highest BCUT2D eigenvalue weighted by molar-refractivity contribution is 7.91. The van der Waals surface area contributed by atoms with Gasteiger partial charge in [0.25, 0.3) is 0 Å². The highest BCUT2D eigenvalue weighted by Crippen LogP contribution is 2.41. The van der Waals surface area contributed by atoms with E-state index in [-0.39, 0.29) is 69.7 Å². The van der Waals surface area contributed by atoms with Crippen LogP contribution >= 0.6 is 23.2 Å². The van der Waals surface area contributed by atoms with Gasteiger partial charge in [-0.3, -0.25) is 0 Å². The van der Waals surface area contributed by atoms with Crippen molar-refractivity contribution in [3.8, 4) is 33.8 Å². The molecular formula is C54H50Cl2F4N4O8S2. The van der Waals surface area contributed by atoms with Crippen molar-refractivity contribution in [3.05, 3.63) is 154 Å². The quantitative estimate of drug-likeness (QED) is 0.0536. The average molecular weight is 1090 g/mol. The number of H-pyrrole nitrogens is 2. The van der Waals surface area contributed by atoms with Crippen molar-refractivity contribution in [1.29, 1.82) is 0 Å². The highest BCUT2D eigenvalue weighted by atomic mass is 35.5. The molecule has 12 nitrogen and oxygen atoms in total. The van der Waals surface area contributed by atoms with E-state index in [0.717, 1.165) is 36.8 Å². The molecular weight excluding hydrogens is 1040 g/mol. The van der Waals surface area contributed by atoms with Crippen molar-refractivity contribution < 1.29 is 54.1 Å². The number of para-hydroxylation sites is 2. The summed E-state index contributed by atoms with van der Waals surface area (Å²) in [7, 11) is -6.66. The van der Waals surface area contributed by atoms with E-state index in [0.29, 0.717) is 78.9 Å². The second kappa shape index (κ2) is 22.4. The lowest BCUT2D eigenvalue weighted by molar-refractivity contribution is -0.0501. The topological polar surface area (TPSA) is 185 Å². The lowest BCUT2D eigenvalue weighted by Gasteiger charge is -2.14. The van der Waals surface area contributed by atoms with E-state index in [9.17, 15) is 44.6 Å². The first-order valence-electron chi connectivity index (χ1n) is 23.8. The van der Waals surface area contributed by atoms with E-state index in [1.54, 1.807) is 109 Å². The molecule has 2 aromatic heterocycles. The Bertz CT molecular complexity index is 3270. The number of halogens is 6. The van der Waals surface area contributed by atoms with Crippen LogP contribution in [-0.2, 0) is 19.7 Å². The standard InChI is InChI=1S/2C27H25ClF2N2O4S/c2*28-22-14-24-23(13-21(22)20-3-1-2-4-25(20)36-27(29)30)31-26(32-24)19(11-12-33)17-7-9-18(10-8-17)37(34,35)15-16-5-6-16/h2*1-4,7-10,13-14,16,19,27,33H,5-6,11-12,15H2,(H,31,32)/t2*19-/m10/s1. The molecule has 10 rings (SSSR count). The summed E-state index contributed by atoms with van der Waals surface area (Å²) in [6.45, 7) is -6.16. The number of aromatic nitrogens is 4. The second-order valence-electron chi connectivity index (χ2n) is 18.4. The van der Waals surface area contributed by atoms with Crippen LogP contribution in [0.15, 0.2) is 131 Å². The molecule has 0 radical (unpaired) electrons. The van der Waals surface area contributed by atoms with E-state index in [2.05, 4.69) is 19.4 Å². The highest BCUT2D eigenvalue weighted by Gasteiger charge is 2.31. The first-order valence-corrected chi connectivity index (χ1v) is 27.9. The third-order valence-electron chi connectivity index (χ3n) is 13.0. The van der Waals surface area contributed by atoms with Crippen molar-refractivity contribution in [3.63, 3.8) is 0 Å². The molecule has 2 heterocycles.